The van der Waals surface area contributed by atoms with Gasteiger partial charge in [-0.2, -0.15) is 0 Å². The quantitative estimate of drug-likeness (QED) is 0.655. The van der Waals surface area contributed by atoms with Crippen LogP contribution in [0.3, 0.4) is 0 Å². The van der Waals surface area contributed by atoms with Crippen LogP contribution < -0.4 is 4.74 Å². The molecular formula is C23H19NO2. The topological polar surface area (TPSA) is 38.7 Å². The standard InChI is InChI=1S/C23H19NO2/c1-2-26-18-14-12-17(13-15-18)24-22-19-10-6-7-11-20(19)23(25)21(22)16-8-4-3-5-9-16/h3-15,21H,2H2,1H3/t21-/m0/s1. The van der Waals surface area contributed by atoms with Crippen molar-refractivity contribution in [2.45, 2.75) is 12.8 Å². The van der Waals surface area contributed by atoms with Gasteiger partial charge in [-0.25, -0.2) is 0 Å². The molecule has 0 unspecified atom stereocenters. The number of benzene rings is 3. The molecule has 128 valence electrons. The van der Waals surface area contributed by atoms with E-state index in [2.05, 4.69) is 0 Å². The Morgan fingerprint density at radius 1 is 0.846 bits per heavy atom. The summed E-state index contributed by atoms with van der Waals surface area (Å²) in [5, 5.41) is 0. The maximum atomic E-state index is 13.0. The van der Waals surface area contributed by atoms with Crippen LogP contribution in [0.15, 0.2) is 83.9 Å². The van der Waals surface area contributed by atoms with E-state index in [1.165, 1.54) is 0 Å². The maximum Gasteiger partial charge on any atom is 0.176 e. The van der Waals surface area contributed by atoms with Gasteiger partial charge in [0.15, 0.2) is 5.78 Å². The van der Waals surface area contributed by atoms with E-state index < -0.39 is 0 Å². The molecule has 0 bridgehead atoms. The lowest BCUT2D eigenvalue weighted by molar-refractivity contribution is 0.0988. The predicted molar refractivity (Wildman–Crippen MR) is 104 cm³/mol. The summed E-state index contributed by atoms with van der Waals surface area (Å²) in [4.78, 5) is 17.9. The molecule has 0 saturated carbocycles. The predicted octanol–water partition coefficient (Wildman–Crippen LogP) is 5.19. The monoisotopic (exact) mass is 341 g/mol. The zero-order chi connectivity index (χ0) is 17.9. The van der Waals surface area contributed by atoms with Gasteiger partial charge in [0.25, 0.3) is 0 Å². The number of hydrogen-bond donors (Lipinski definition) is 0. The number of aliphatic imine (C=N–C) groups is 1. The van der Waals surface area contributed by atoms with E-state index in [9.17, 15) is 4.79 Å². The van der Waals surface area contributed by atoms with Crippen molar-refractivity contribution in [2.75, 3.05) is 6.61 Å². The highest BCUT2D eigenvalue weighted by Crippen LogP contribution is 2.36. The molecular weight excluding hydrogens is 322 g/mol. The second-order valence-corrected chi connectivity index (χ2v) is 6.18. The number of fused-ring (bicyclic) bond motifs is 1. The van der Waals surface area contributed by atoms with Crippen LogP contribution in [0.4, 0.5) is 5.69 Å². The molecule has 0 heterocycles. The SMILES string of the molecule is CCOc1ccc(N=C2c3ccccc3C(=O)[C@H]2c2ccccc2)cc1. The fourth-order valence-corrected chi connectivity index (χ4v) is 3.36. The summed E-state index contributed by atoms with van der Waals surface area (Å²) in [6.45, 7) is 2.59. The average Bonchev–Trinajstić information content (AvgIpc) is 2.96. The van der Waals surface area contributed by atoms with Crippen molar-refractivity contribution in [3.8, 4) is 5.75 Å². The first kappa shape index (κ1) is 16.3. The van der Waals surface area contributed by atoms with Crippen molar-refractivity contribution in [1.29, 1.82) is 0 Å². The molecule has 3 aromatic rings. The molecule has 0 radical (unpaired) electrons. The van der Waals surface area contributed by atoms with Gasteiger partial charge in [-0.15, -0.1) is 0 Å². The summed E-state index contributed by atoms with van der Waals surface area (Å²) in [6, 6.07) is 25.2. The van der Waals surface area contributed by atoms with Crippen molar-refractivity contribution in [3.05, 3.63) is 95.6 Å². The van der Waals surface area contributed by atoms with E-state index >= 15 is 0 Å². The van der Waals surface area contributed by atoms with Gasteiger partial charge in [-0.05, 0) is 36.8 Å². The van der Waals surface area contributed by atoms with Gasteiger partial charge in [0.2, 0.25) is 0 Å². The van der Waals surface area contributed by atoms with Crippen LogP contribution >= 0.6 is 0 Å². The fourth-order valence-electron chi connectivity index (χ4n) is 3.36. The molecule has 1 aliphatic rings. The third kappa shape index (κ3) is 2.92. The van der Waals surface area contributed by atoms with Gasteiger partial charge in [0.1, 0.15) is 5.75 Å². The Labute approximate surface area is 153 Å². The van der Waals surface area contributed by atoms with E-state index in [1.807, 2.05) is 85.8 Å². The first-order valence-electron chi connectivity index (χ1n) is 8.78. The van der Waals surface area contributed by atoms with E-state index in [1.54, 1.807) is 0 Å². The summed E-state index contributed by atoms with van der Waals surface area (Å²) in [6.07, 6.45) is 0. The number of rotatable bonds is 4. The van der Waals surface area contributed by atoms with Crippen molar-refractivity contribution < 1.29 is 9.53 Å². The molecule has 26 heavy (non-hydrogen) atoms. The van der Waals surface area contributed by atoms with E-state index in [4.69, 9.17) is 9.73 Å². The Hall–Kier alpha value is -3.20. The molecule has 3 heteroatoms. The van der Waals surface area contributed by atoms with Gasteiger partial charge in [0.05, 0.1) is 23.9 Å². The van der Waals surface area contributed by atoms with E-state index in [-0.39, 0.29) is 11.7 Å². The van der Waals surface area contributed by atoms with Crippen LogP contribution in [0, 0.1) is 0 Å². The molecule has 0 aliphatic heterocycles. The second-order valence-electron chi connectivity index (χ2n) is 6.18. The zero-order valence-electron chi connectivity index (χ0n) is 14.6. The van der Waals surface area contributed by atoms with Gasteiger partial charge in [0, 0.05) is 11.1 Å². The molecule has 4 rings (SSSR count). The molecule has 0 aromatic heterocycles. The summed E-state index contributed by atoms with van der Waals surface area (Å²) < 4.78 is 5.49. The summed E-state index contributed by atoms with van der Waals surface area (Å²) in [7, 11) is 0. The van der Waals surface area contributed by atoms with Gasteiger partial charge < -0.3 is 4.74 Å². The Kier molecular flexibility index (Phi) is 4.36. The second kappa shape index (κ2) is 6.96. The Morgan fingerprint density at radius 2 is 1.50 bits per heavy atom. The van der Waals surface area contributed by atoms with E-state index in [0.717, 1.165) is 33.8 Å². The number of Topliss-reactive ketones (excluding diaryl/α,β-unsaturated/α-hetero) is 1. The first-order valence-corrected chi connectivity index (χ1v) is 8.78. The van der Waals surface area contributed by atoms with Gasteiger partial charge in [-0.1, -0.05) is 54.6 Å². The number of carbonyl (C=O) groups is 1. The molecule has 0 spiro atoms. The van der Waals surface area contributed by atoms with Gasteiger partial charge >= 0.3 is 0 Å². The maximum absolute atomic E-state index is 13.0. The minimum Gasteiger partial charge on any atom is -0.494 e. The van der Waals surface area contributed by atoms with Crippen LogP contribution in [0.1, 0.15) is 34.3 Å². The molecule has 3 nitrogen and oxygen atoms in total. The number of ether oxygens (including phenoxy) is 1. The summed E-state index contributed by atoms with van der Waals surface area (Å²) in [5.74, 6) is 0.565. The molecule has 1 atom stereocenters. The first-order chi connectivity index (χ1) is 12.8. The normalized spacial score (nSPS) is 17.3. The minimum absolute atomic E-state index is 0.108. The Bertz CT molecular complexity index is 959. The average molecular weight is 341 g/mol. The highest BCUT2D eigenvalue weighted by atomic mass is 16.5. The molecule has 3 aromatic carbocycles. The Morgan fingerprint density at radius 3 is 2.19 bits per heavy atom. The van der Waals surface area contributed by atoms with Crippen LogP contribution in [0.5, 0.6) is 5.75 Å². The smallest absolute Gasteiger partial charge is 0.176 e. The molecule has 1 aliphatic carbocycles. The lowest BCUT2D eigenvalue weighted by Crippen LogP contribution is -2.13. The van der Waals surface area contributed by atoms with Gasteiger partial charge in [-0.3, -0.25) is 9.79 Å². The number of ketones is 1. The van der Waals surface area contributed by atoms with Crippen molar-refractivity contribution >= 4 is 17.2 Å². The molecule has 0 amide bonds. The third-order valence-corrected chi connectivity index (χ3v) is 4.53. The summed E-state index contributed by atoms with van der Waals surface area (Å²) >= 11 is 0. The third-order valence-electron chi connectivity index (χ3n) is 4.53. The largest absolute Gasteiger partial charge is 0.494 e. The molecule has 0 fully saturated rings. The van der Waals surface area contributed by atoms with Crippen LogP contribution in [0.2, 0.25) is 0 Å². The summed E-state index contributed by atoms with van der Waals surface area (Å²) in [5.41, 5.74) is 4.25. The van der Waals surface area contributed by atoms with Crippen molar-refractivity contribution in [2.24, 2.45) is 4.99 Å². The van der Waals surface area contributed by atoms with Crippen molar-refractivity contribution in [3.63, 3.8) is 0 Å². The van der Waals surface area contributed by atoms with Crippen molar-refractivity contribution in [1.82, 2.24) is 0 Å². The number of carbonyl (C=O) groups excluding carboxylic acids is 1. The van der Waals surface area contributed by atoms with Crippen LogP contribution in [-0.2, 0) is 0 Å². The lowest BCUT2D eigenvalue weighted by Gasteiger charge is -2.11. The van der Waals surface area contributed by atoms with Crippen LogP contribution in [-0.4, -0.2) is 18.1 Å². The number of hydrogen-bond acceptors (Lipinski definition) is 3. The molecule has 0 saturated heterocycles. The fraction of sp³-hybridized carbons (Fsp3) is 0.130. The highest BCUT2D eigenvalue weighted by Gasteiger charge is 2.37. The minimum atomic E-state index is -0.361. The van der Waals surface area contributed by atoms with Crippen LogP contribution in [0.25, 0.3) is 0 Å². The lowest BCUT2D eigenvalue weighted by atomic mass is 9.93. The Balaban J connectivity index is 1.81. The highest BCUT2D eigenvalue weighted by molar-refractivity contribution is 6.32. The number of nitrogens with zero attached hydrogens (tertiary/aromatic N) is 1. The zero-order valence-corrected chi connectivity index (χ0v) is 14.6. The molecule has 0 N–H and O–H groups in total. The van der Waals surface area contributed by atoms with E-state index in [0.29, 0.717) is 6.61 Å².